The first-order valence-electron chi connectivity index (χ1n) is 6.64. The van der Waals surface area contributed by atoms with Gasteiger partial charge in [0.1, 0.15) is 5.92 Å². The van der Waals surface area contributed by atoms with E-state index in [-0.39, 0.29) is 13.2 Å². The average molecular weight is 294 g/mol. The quantitative estimate of drug-likeness (QED) is 0.802. The highest BCUT2D eigenvalue weighted by molar-refractivity contribution is 5.84. The van der Waals surface area contributed by atoms with E-state index in [1.807, 2.05) is 30.3 Å². The van der Waals surface area contributed by atoms with E-state index in [1.165, 1.54) is 0 Å². The molecule has 21 heavy (non-hydrogen) atoms. The number of carboxylic acids is 1. The molecule has 0 saturated carbocycles. The van der Waals surface area contributed by atoms with Gasteiger partial charge in [-0.15, -0.1) is 0 Å². The molecule has 0 bridgehead atoms. The number of hydrogen-bond acceptors (Lipinski definition) is 5. The van der Waals surface area contributed by atoms with Crippen LogP contribution < -0.4 is 0 Å². The Balaban J connectivity index is 1.94. The van der Waals surface area contributed by atoms with Crippen molar-refractivity contribution in [3.05, 3.63) is 35.9 Å². The van der Waals surface area contributed by atoms with E-state index in [0.29, 0.717) is 0 Å². The highest BCUT2D eigenvalue weighted by Crippen LogP contribution is 2.28. The van der Waals surface area contributed by atoms with Gasteiger partial charge >= 0.3 is 11.9 Å². The zero-order valence-corrected chi connectivity index (χ0v) is 11.9. The standard InChI is InChI=1S/C15H18O6/c1-15(2)20-12(14(18)21-15)11(13(16)17)9-19-8-10-6-4-3-5-7-10/h3-7,11-12H,8-9H2,1-2H3,(H,16,17). The fourth-order valence-corrected chi connectivity index (χ4v) is 2.09. The molecule has 0 amide bonds. The Kier molecular flexibility index (Phi) is 4.59. The molecule has 1 aromatic rings. The Labute approximate surface area is 122 Å². The molecular weight excluding hydrogens is 276 g/mol. The second-order valence-corrected chi connectivity index (χ2v) is 5.30. The molecule has 0 aliphatic carbocycles. The average Bonchev–Trinajstić information content (AvgIpc) is 2.68. The van der Waals surface area contributed by atoms with Gasteiger partial charge in [-0.3, -0.25) is 4.79 Å². The van der Waals surface area contributed by atoms with Gasteiger partial charge in [0, 0.05) is 13.8 Å². The van der Waals surface area contributed by atoms with E-state index in [4.69, 9.17) is 14.2 Å². The molecule has 2 unspecified atom stereocenters. The molecule has 1 heterocycles. The van der Waals surface area contributed by atoms with Crippen LogP contribution in [0.25, 0.3) is 0 Å². The van der Waals surface area contributed by atoms with Crippen LogP contribution in [-0.2, 0) is 30.4 Å². The first-order chi connectivity index (χ1) is 9.89. The van der Waals surface area contributed by atoms with Gasteiger partial charge in [-0.25, -0.2) is 4.79 Å². The summed E-state index contributed by atoms with van der Waals surface area (Å²) in [5, 5.41) is 9.25. The minimum atomic E-state index is -1.15. The van der Waals surface area contributed by atoms with Crippen LogP contribution in [0.15, 0.2) is 30.3 Å². The Morgan fingerprint density at radius 1 is 1.38 bits per heavy atom. The number of carbonyl (C=O) groups is 2. The van der Waals surface area contributed by atoms with Crippen molar-refractivity contribution in [2.75, 3.05) is 6.61 Å². The molecule has 6 nitrogen and oxygen atoms in total. The molecule has 1 aliphatic rings. The number of cyclic esters (lactones) is 1. The number of esters is 1. The number of carbonyl (C=O) groups excluding carboxylic acids is 1. The van der Waals surface area contributed by atoms with Gasteiger partial charge in [-0.2, -0.15) is 0 Å². The summed E-state index contributed by atoms with van der Waals surface area (Å²) in [5.74, 6) is -4.02. The summed E-state index contributed by atoms with van der Waals surface area (Å²) in [6, 6.07) is 9.37. The van der Waals surface area contributed by atoms with Gasteiger partial charge in [0.25, 0.3) is 0 Å². The van der Waals surface area contributed by atoms with Crippen molar-refractivity contribution >= 4 is 11.9 Å². The molecule has 1 aliphatic heterocycles. The monoisotopic (exact) mass is 294 g/mol. The third-order valence-corrected chi connectivity index (χ3v) is 3.08. The predicted molar refractivity (Wildman–Crippen MR) is 72.3 cm³/mol. The molecule has 1 N–H and O–H groups in total. The molecule has 2 rings (SSSR count). The maximum atomic E-state index is 11.7. The van der Waals surface area contributed by atoms with Crippen molar-refractivity contribution in [2.45, 2.75) is 32.3 Å². The zero-order valence-electron chi connectivity index (χ0n) is 11.9. The smallest absolute Gasteiger partial charge is 0.338 e. The van der Waals surface area contributed by atoms with Gasteiger partial charge in [0.05, 0.1) is 13.2 Å². The number of ether oxygens (including phenoxy) is 3. The van der Waals surface area contributed by atoms with Gasteiger partial charge in [-0.05, 0) is 5.56 Å². The molecule has 1 fully saturated rings. The summed E-state index contributed by atoms with van der Waals surface area (Å²) in [6.45, 7) is 3.28. The molecule has 0 aromatic heterocycles. The Morgan fingerprint density at radius 2 is 2.05 bits per heavy atom. The van der Waals surface area contributed by atoms with Gasteiger partial charge < -0.3 is 19.3 Å². The molecule has 1 saturated heterocycles. The fraction of sp³-hybridized carbons (Fsp3) is 0.467. The number of rotatable bonds is 6. The van der Waals surface area contributed by atoms with Crippen LogP contribution in [0.2, 0.25) is 0 Å². The van der Waals surface area contributed by atoms with Gasteiger partial charge in [0.15, 0.2) is 6.10 Å². The predicted octanol–water partition coefficient (Wildman–Crippen LogP) is 1.58. The summed E-state index contributed by atoms with van der Waals surface area (Å²) in [5.41, 5.74) is 0.928. The maximum absolute atomic E-state index is 11.7. The Bertz CT molecular complexity index is 510. The van der Waals surface area contributed by atoms with Crippen molar-refractivity contribution in [2.24, 2.45) is 5.92 Å². The number of hydrogen-bond donors (Lipinski definition) is 1. The first-order valence-corrected chi connectivity index (χ1v) is 6.64. The largest absolute Gasteiger partial charge is 0.481 e. The van der Waals surface area contributed by atoms with Crippen LogP contribution in [0.1, 0.15) is 19.4 Å². The van der Waals surface area contributed by atoms with E-state index in [9.17, 15) is 14.7 Å². The van der Waals surface area contributed by atoms with Crippen LogP contribution in [0.5, 0.6) is 0 Å². The van der Waals surface area contributed by atoms with Crippen LogP contribution in [0, 0.1) is 5.92 Å². The topological polar surface area (TPSA) is 82.1 Å². The summed E-state index contributed by atoms with van der Waals surface area (Å²) >= 11 is 0. The van der Waals surface area contributed by atoms with E-state index < -0.39 is 29.7 Å². The minimum Gasteiger partial charge on any atom is -0.481 e. The molecule has 1 aromatic carbocycles. The first kappa shape index (κ1) is 15.5. The lowest BCUT2D eigenvalue weighted by molar-refractivity contribution is -0.165. The van der Waals surface area contributed by atoms with E-state index in [0.717, 1.165) is 5.56 Å². The van der Waals surface area contributed by atoms with Crippen LogP contribution >= 0.6 is 0 Å². The summed E-state index contributed by atoms with van der Waals surface area (Å²) in [4.78, 5) is 23.0. The third kappa shape index (κ3) is 4.03. The lowest BCUT2D eigenvalue weighted by Gasteiger charge is -2.19. The number of benzene rings is 1. The van der Waals surface area contributed by atoms with E-state index >= 15 is 0 Å². The molecule has 0 radical (unpaired) electrons. The Hall–Kier alpha value is -1.92. The normalized spacial score (nSPS) is 21.8. The highest BCUT2D eigenvalue weighted by atomic mass is 16.8. The second-order valence-electron chi connectivity index (χ2n) is 5.30. The summed E-state index contributed by atoms with van der Waals surface area (Å²) < 4.78 is 15.7. The lowest BCUT2D eigenvalue weighted by atomic mass is 10.0. The van der Waals surface area contributed by atoms with Gasteiger partial charge in [-0.1, -0.05) is 30.3 Å². The SMILES string of the molecule is CC1(C)OC(=O)C(C(COCc2ccccc2)C(=O)O)O1. The van der Waals surface area contributed by atoms with Crippen LogP contribution in [0.4, 0.5) is 0 Å². The molecule has 114 valence electrons. The lowest BCUT2D eigenvalue weighted by Crippen LogP contribution is -2.37. The summed E-state index contributed by atoms with van der Waals surface area (Å²) in [7, 11) is 0. The zero-order chi connectivity index (χ0) is 15.5. The molecule has 2 atom stereocenters. The number of aliphatic carboxylic acids is 1. The maximum Gasteiger partial charge on any atom is 0.338 e. The van der Waals surface area contributed by atoms with E-state index in [1.54, 1.807) is 13.8 Å². The molecule has 0 spiro atoms. The fourth-order valence-electron chi connectivity index (χ4n) is 2.09. The second kappa shape index (κ2) is 6.24. The van der Waals surface area contributed by atoms with Crippen molar-refractivity contribution in [1.29, 1.82) is 0 Å². The van der Waals surface area contributed by atoms with Crippen molar-refractivity contribution in [1.82, 2.24) is 0 Å². The number of carboxylic acid groups (broad SMARTS) is 1. The van der Waals surface area contributed by atoms with Crippen molar-refractivity contribution < 1.29 is 28.9 Å². The van der Waals surface area contributed by atoms with Gasteiger partial charge in [0.2, 0.25) is 5.79 Å². The Morgan fingerprint density at radius 3 is 2.57 bits per heavy atom. The van der Waals surface area contributed by atoms with E-state index in [2.05, 4.69) is 0 Å². The summed E-state index contributed by atoms with van der Waals surface area (Å²) in [6.07, 6.45) is -1.15. The molecular formula is C15H18O6. The highest BCUT2D eigenvalue weighted by Gasteiger charge is 2.47. The third-order valence-electron chi connectivity index (χ3n) is 3.08. The van der Waals surface area contributed by atoms with Crippen LogP contribution in [-0.4, -0.2) is 35.5 Å². The van der Waals surface area contributed by atoms with Crippen LogP contribution in [0.3, 0.4) is 0 Å². The molecule has 6 heteroatoms. The minimum absolute atomic E-state index is 0.125. The van der Waals surface area contributed by atoms with Crippen molar-refractivity contribution in [3.8, 4) is 0 Å². The van der Waals surface area contributed by atoms with Crippen molar-refractivity contribution in [3.63, 3.8) is 0 Å².